The summed E-state index contributed by atoms with van der Waals surface area (Å²) in [5.74, 6) is -3.92. The van der Waals surface area contributed by atoms with Crippen LogP contribution in [0.25, 0.3) is 0 Å². The number of primary amides is 1. The van der Waals surface area contributed by atoms with Gasteiger partial charge in [0.05, 0.1) is 18.5 Å². The maximum atomic E-state index is 12.5. The Morgan fingerprint density at radius 1 is 1.17 bits per heavy atom. The normalized spacial score (nSPS) is 20.8. The molecule has 0 saturated heterocycles. The molecule has 1 aliphatic rings. The second-order valence-corrected chi connectivity index (χ2v) is 6.33. The van der Waals surface area contributed by atoms with Crippen LogP contribution in [-0.2, 0) is 19.2 Å². The van der Waals surface area contributed by atoms with E-state index >= 15 is 0 Å². The minimum atomic E-state index is -1.53. The van der Waals surface area contributed by atoms with Gasteiger partial charge in [0.15, 0.2) is 0 Å². The number of hydrogen-bond donors (Lipinski definition) is 5. The molecule has 1 aliphatic heterocycles. The van der Waals surface area contributed by atoms with Gasteiger partial charge in [-0.1, -0.05) is 12.1 Å². The number of amides is 4. The molecule has 156 valence electrons. The summed E-state index contributed by atoms with van der Waals surface area (Å²) < 4.78 is 5.52. The summed E-state index contributed by atoms with van der Waals surface area (Å²) in [5, 5.41) is 16.6. The molecule has 0 saturated carbocycles. The van der Waals surface area contributed by atoms with E-state index in [9.17, 15) is 29.1 Å². The molecule has 4 amide bonds. The van der Waals surface area contributed by atoms with Crippen molar-refractivity contribution in [2.75, 3.05) is 13.2 Å². The van der Waals surface area contributed by atoms with Gasteiger partial charge < -0.3 is 31.5 Å². The van der Waals surface area contributed by atoms with Crippen molar-refractivity contribution >= 4 is 29.6 Å². The Balaban J connectivity index is 2.26. The van der Waals surface area contributed by atoms with E-state index < -0.39 is 48.1 Å². The average Bonchev–Trinajstić information content (AvgIpc) is 2.67. The van der Waals surface area contributed by atoms with Crippen LogP contribution < -0.4 is 26.4 Å². The number of benzene rings is 1. The number of rotatable bonds is 4. The van der Waals surface area contributed by atoms with Crippen LogP contribution in [0.15, 0.2) is 24.3 Å². The third kappa shape index (κ3) is 6.48. The van der Waals surface area contributed by atoms with E-state index in [1.807, 2.05) is 0 Å². The predicted molar refractivity (Wildman–Crippen MR) is 98.8 cm³/mol. The maximum Gasteiger partial charge on any atom is 0.326 e. The van der Waals surface area contributed by atoms with Gasteiger partial charge in [-0.15, -0.1) is 0 Å². The molecule has 0 unspecified atom stereocenters. The second kappa shape index (κ2) is 10.1. The summed E-state index contributed by atoms with van der Waals surface area (Å²) >= 11 is 0. The molecule has 11 nitrogen and oxygen atoms in total. The lowest BCUT2D eigenvalue weighted by Crippen LogP contribution is -2.51. The van der Waals surface area contributed by atoms with E-state index in [2.05, 4.69) is 16.0 Å². The molecule has 0 fully saturated rings. The molecule has 11 heteroatoms. The topological polar surface area (TPSA) is 177 Å². The Labute approximate surface area is 166 Å². The summed E-state index contributed by atoms with van der Waals surface area (Å²) in [6.07, 6.45) is -0.813. The summed E-state index contributed by atoms with van der Waals surface area (Å²) in [6, 6.07) is 3.58. The highest BCUT2D eigenvalue weighted by molar-refractivity contribution is 6.00. The number of carboxylic acids is 1. The first-order valence-electron chi connectivity index (χ1n) is 8.88. The van der Waals surface area contributed by atoms with Crippen molar-refractivity contribution < 1.29 is 33.8 Å². The number of nitrogens with one attached hydrogen (secondary N) is 3. The van der Waals surface area contributed by atoms with Gasteiger partial charge in [0.25, 0.3) is 5.91 Å². The molecule has 0 spiro atoms. The van der Waals surface area contributed by atoms with Crippen molar-refractivity contribution in [2.45, 2.75) is 31.3 Å². The van der Waals surface area contributed by atoms with E-state index in [4.69, 9.17) is 10.5 Å². The highest BCUT2D eigenvalue weighted by atomic mass is 16.5. The summed E-state index contributed by atoms with van der Waals surface area (Å²) in [5.41, 5.74) is 5.19. The van der Waals surface area contributed by atoms with Crippen LogP contribution in [0.4, 0.5) is 0 Å². The van der Waals surface area contributed by atoms with Crippen LogP contribution in [0, 0.1) is 0 Å². The highest BCUT2D eigenvalue weighted by Crippen LogP contribution is 2.18. The van der Waals surface area contributed by atoms with Gasteiger partial charge in [-0.25, -0.2) is 4.79 Å². The number of ether oxygens (including phenoxy) is 1. The molecule has 29 heavy (non-hydrogen) atoms. The number of carbonyl (C=O) groups excluding carboxylic acids is 4. The number of carbonyl (C=O) groups is 5. The van der Waals surface area contributed by atoms with E-state index in [1.54, 1.807) is 12.1 Å². The molecule has 0 aliphatic carbocycles. The fourth-order valence-corrected chi connectivity index (χ4v) is 2.67. The molecule has 2 rings (SSSR count). The number of aliphatic carboxylic acids is 1. The molecular weight excluding hydrogens is 384 g/mol. The summed E-state index contributed by atoms with van der Waals surface area (Å²) in [7, 11) is 0. The SMILES string of the molecule is NC(=O)CC[C@@H]1NC(=O)C[C@@H](C(=O)O)NC(=O)c2ccccc2OCCNC1=O. The zero-order valence-electron chi connectivity index (χ0n) is 15.5. The van der Waals surface area contributed by atoms with Crippen molar-refractivity contribution in [1.29, 1.82) is 0 Å². The van der Waals surface area contributed by atoms with Crippen molar-refractivity contribution in [3.8, 4) is 5.75 Å². The van der Waals surface area contributed by atoms with Crippen LogP contribution in [-0.4, -0.2) is 59.9 Å². The van der Waals surface area contributed by atoms with Gasteiger partial charge in [-0.3, -0.25) is 19.2 Å². The number of para-hydroxylation sites is 1. The number of hydrogen-bond acceptors (Lipinski definition) is 6. The zero-order valence-corrected chi connectivity index (χ0v) is 15.5. The number of fused-ring (bicyclic) bond motifs is 1. The summed E-state index contributed by atoms with van der Waals surface area (Å²) in [4.78, 5) is 59.6. The van der Waals surface area contributed by atoms with Crippen molar-refractivity contribution in [1.82, 2.24) is 16.0 Å². The molecule has 1 heterocycles. The van der Waals surface area contributed by atoms with Crippen molar-refractivity contribution in [3.05, 3.63) is 29.8 Å². The van der Waals surface area contributed by atoms with Crippen LogP contribution in [0.1, 0.15) is 29.6 Å². The Hall–Kier alpha value is -3.63. The van der Waals surface area contributed by atoms with Gasteiger partial charge in [0.1, 0.15) is 24.4 Å². The first kappa shape index (κ1) is 21.7. The largest absolute Gasteiger partial charge is 0.491 e. The van der Waals surface area contributed by atoms with Gasteiger partial charge in [-0.2, -0.15) is 0 Å². The van der Waals surface area contributed by atoms with Crippen LogP contribution in [0.3, 0.4) is 0 Å². The molecule has 1 aromatic rings. The third-order valence-electron chi connectivity index (χ3n) is 4.11. The lowest BCUT2D eigenvalue weighted by Gasteiger charge is -2.21. The first-order valence-corrected chi connectivity index (χ1v) is 8.88. The molecule has 2 atom stereocenters. The van der Waals surface area contributed by atoms with E-state index in [0.717, 1.165) is 0 Å². The molecule has 1 aromatic carbocycles. The van der Waals surface area contributed by atoms with Crippen LogP contribution >= 0.6 is 0 Å². The Morgan fingerprint density at radius 2 is 1.90 bits per heavy atom. The Kier molecular flexibility index (Phi) is 7.52. The standard InChI is InChI=1S/C18H22N4O7/c19-14(23)6-5-11-17(26)20-7-8-29-13-4-2-1-3-10(13)16(25)22-12(18(27)28)9-15(24)21-11/h1-4,11-12H,5-9H2,(H2,19,23)(H,20,26)(H,21,24)(H,22,25)(H,27,28)/t11-,12-/m0/s1. The Bertz CT molecular complexity index is 811. The second-order valence-electron chi connectivity index (χ2n) is 6.33. The van der Waals surface area contributed by atoms with E-state index in [1.165, 1.54) is 12.1 Å². The zero-order chi connectivity index (χ0) is 21.4. The van der Waals surface area contributed by atoms with Gasteiger partial charge in [0.2, 0.25) is 17.7 Å². The third-order valence-corrected chi connectivity index (χ3v) is 4.11. The van der Waals surface area contributed by atoms with Crippen molar-refractivity contribution in [3.63, 3.8) is 0 Å². The first-order chi connectivity index (χ1) is 13.8. The summed E-state index contributed by atoms with van der Waals surface area (Å²) in [6.45, 7) is 0.102. The Morgan fingerprint density at radius 3 is 2.59 bits per heavy atom. The van der Waals surface area contributed by atoms with Gasteiger partial charge in [0, 0.05) is 6.42 Å². The minimum Gasteiger partial charge on any atom is -0.491 e. The quantitative estimate of drug-likeness (QED) is 0.405. The number of carboxylic acid groups (broad SMARTS) is 1. The average molecular weight is 406 g/mol. The molecule has 6 N–H and O–H groups in total. The smallest absolute Gasteiger partial charge is 0.326 e. The lowest BCUT2D eigenvalue weighted by atomic mass is 10.1. The fraction of sp³-hybridized carbons (Fsp3) is 0.389. The minimum absolute atomic E-state index is 0.0227. The fourth-order valence-electron chi connectivity index (χ4n) is 2.67. The predicted octanol–water partition coefficient (Wildman–Crippen LogP) is -1.48. The molecular formula is C18H22N4O7. The van der Waals surface area contributed by atoms with E-state index in [0.29, 0.717) is 0 Å². The molecule has 0 aromatic heterocycles. The van der Waals surface area contributed by atoms with Gasteiger partial charge in [-0.05, 0) is 18.6 Å². The maximum absolute atomic E-state index is 12.5. The molecule has 0 bridgehead atoms. The molecule has 0 radical (unpaired) electrons. The lowest BCUT2D eigenvalue weighted by molar-refractivity contribution is -0.141. The highest BCUT2D eigenvalue weighted by Gasteiger charge is 2.28. The monoisotopic (exact) mass is 406 g/mol. The van der Waals surface area contributed by atoms with Crippen molar-refractivity contribution in [2.24, 2.45) is 5.73 Å². The van der Waals surface area contributed by atoms with E-state index in [-0.39, 0.29) is 37.3 Å². The van der Waals surface area contributed by atoms with Crippen LogP contribution in [0.5, 0.6) is 5.75 Å². The van der Waals surface area contributed by atoms with Gasteiger partial charge >= 0.3 is 5.97 Å². The van der Waals surface area contributed by atoms with Crippen LogP contribution in [0.2, 0.25) is 0 Å². The number of nitrogens with two attached hydrogens (primary N) is 1.